The van der Waals surface area contributed by atoms with Gasteiger partial charge in [0.05, 0.1) is 9.68 Å². The van der Waals surface area contributed by atoms with E-state index in [2.05, 4.69) is 15.9 Å². The molecule has 0 heterocycles. The third-order valence-electron chi connectivity index (χ3n) is 2.06. The predicted octanol–water partition coefficient (Wildman–Crippen LogP) is 4.35. The first-order valence-electron chi connectivity index (χ1n) is 5.61. The lowest BCUT2D eigenvalue weighted by Crippen LogP contribution is -2.06. The van der Waals surface area contributed by atoms with Crippen LogP contribution < -0.4 is 0 Å². The smallest absolute Gasteiger partial charge is 0.166 e. The van der Waals surface area contributed by atoms with Gasteiger partial charge in [-0.3, -0.25) is 0 Å². The van der Waals surface area contributed by atoms with Gasteiger partial charge in [0.2, 0.25) is 0 Å². The highest BCUT2D eigenvalue weighted by molar-refractivity contribution is 9.10. The lowest BCUT2D eigenvalue weighted by molar-refractivity contribution is -0.138. The molecule has 2 rings (SSSR count). The summed E-state index contributed by atoms with van der Waals surface area (Å²) in [6, 6.07) is -1.42. The molecular formula is C10H8BrF3. The molecular weight excluding hydrogens is 257 g/mol. The maximum Gasteiger partial charge on any atom is 0.417 e. The molecule has 1 saturated carbocycles. The molecule has 1 aliphatic rings. The van der Waals surface area contributed by atoms with E-state index in [0.717, 1.165) is 0 Å². The van der Waals surface area contributed by atoms with Crippen LogP contribution in [0.1, 0.15) is 34.0 Å². The summed E-state index contributed by atoms with van der Waals surface area (Å²) in [7, 11) is 0. The van der Waals surface area contributed by atoms with Gasteiger partial charge < -0.3 is 0 Å². The van der Waals surface area contributed by atoms with Crippen LogP contribution in [0.25, 0.3) is 0 Å². The molecule has 0 saturated heterocycles. The van der Waals surface area contributed by atoms with Crippen LogP contribution in [-0.4, -0.2) is 0 Å². The summed E-state index contributed by atoms with van der Waals surface area (Å²) in [5.41, 5.74) is -1.08. The van der Waals surface area contributed by atoms with Crippen molar-refractivity contribution in [1.29, 1.82) is 0 Å². The molecule has 1 aromatic carbocycles. The maximum absolute atomic E-state index is 12.8. The number of alkyl halides is 3. The summed E-state index contributed by atoms with van der Waals surface area (Å²) in [6.07, 6.45) is -3.30. The summed E-state index contributed by atoms with van der Waals surface area (Å²) in [6.45, 7) is 0. The van der Waals surface area contributed by atoms with Gasteiger partial charge in [-0.15, -0.1) is 0 Å². The second-order valence-electron chi connectivity index (χ2n) is 3.25. The lowest BCUT2D eigenvalue weighted by Gasteiger charge is -2.10. The fourth-order valence-corrected chi connectivity index (χ4v) is 1.60. The van der Waals surface area contributed by atoms with Gasteiger partial charge in [0, 0.05) is 4.47 Å². The minimum absolute atomic E-state index is 0.0607. The first-order valence-corrected chi connectivity index (χ1v) is 4.90. The maximum atomic E-state index is 12.8. The minimum Gasteiger partial charge on any atom is -0.166 e. The van der Waals surface area contributed by atoms with E-state index in [4.69, 9.17) is 4.11 Å². The molecule has 0 bridgehead atoms. The Kier molecular flexibility index (Phi) is 1.60. The molecule has 0 nitrogen and oxygen atoms in total. The van der Waals surface area contributed by atoms with Crippen LogP contribution in [0.2, 0.25) is 0 Å². The molecule has 1 fully saturated rings. The van der Waals surface area contributed by atoms with Crippen LogP contribution in [0.3, 0.4) is 0 Å². The highest BCUT2D eigenvalue weighted by atomic mass is 79.9. The average Bonchev–Trinajstić information content (AvgIpc) is 2.96. The Hall–Kier alpha value is -0.510. The molecule has 0 aromatic heterocycles. The van der Waals surface area contributed by atoms with E-state index < -0.39 is 28.3 Å². The van der Waals surface area contributed by atoms with Crippen LogP contribution in [-0.2, 0) is 6.18 Å². The number of benzene rings is 1. The van der Waals surface area contributed by atoms with E-state index in [1.54, 1.807) is 0 Å². The Morgan fingerprint density at radius 3 is 2.50 bits per heavy atom. The van der Waals surface area contributed by atoms with E-state index in [-0.39, 0.29) is 17.5 Å². The van der Waals surface area contributed by atoms with Crippen molar-refractivity contribution in [3.8, 4) is 0 Å². The van der Waals surface area contributed by atoms with Gasteiger partial charge >= 0.3 is 6.18 Å². The molecule has 0 unspecified atom stereocenters. The molecule has 0 spiro atoms. The van der Waals surface area contributed by atoms with E-state index >= 15 is 0 Å². The van der Waals surface area contributed by atoms with Crippen molar-refractivity contribution in [3.05, 3.63) is 33.7 Å². The van der Waals surface area contributed by atoms with Gasteiger partial charge in [-0.05, 0) is 36.4 Å². The van der Waals surface area contributed by atoms with Crippen molar-refractivity contribution < 1.29 is 17.3 Å². The Labute approximate surface area is 92.5 Å². The Balaban J connectivity index is 2.75. The summed E-state index contributed by atoms with van der Waals surface area (Å²) in [5, 5.41) is 0. The summed E-state index contributed by atoms with van der Waals surface area (Å²) < 4.78 is 60.6. The molecule has 0 N–H and O–H groups in total. The zero-order chi connectivity index (χ0) is 13.0. The largest absolute Gasteiger partial charge is 0.417 e. The molecule has 1 aliphatic carbocycles. The van der Waals surface area contributed by atoms with Crippen molar-refractivity contribution in [2.24, 2.45) is 0 Å². The molecule has 4 heteroatoms. The average molecular weight is 268 g/mol. The third kappa shape index (κ3) is 1.95. The molecule has 0 aliphatic heterocycles. The SMILES string of the molecule is [2H]c1c([2H])c(C2CC2)c([2H])c(C(F)(F)F)c1Br. The summed E-state index contributed by atoms with van der Waals surface area (Å²) in [5.74, 6) is -0.159. The normalized spacial score (nSPS) is 20.1. The first-order chi connectivity index (χ1) is 7.75. The van der Waals surface area contributed by atoms with E-state index in [0.29, 0.717) is 12.8 Å². The molecule has 76 valence electrons. The number of rotatable bonds is 1. The van der Waals surface area contributed by atoms with Gasteiger partial charge in [0.15, 0.2) is 0 Å². The topological polar surface area (TPSA) is 0 Å². The molecule has 0 atom stereocenters. The van der Waals surface area contributed by atoms with Gasteiger partial charge in [-0.2, -0.15) is 13.2 Å². The van der Waals surface area contributed by atoms with Gasteiger partial charge in [-0.1, -0.05) is 22.0 Å². The van der Waals surface area contributed by atoms with Gasteiger partial charge in [0.25, 0.3) is 0 Å². The van der Waals surface area contributed by atoms with Gasteiger partial charge in [-0.25, -0.2) is 0 Å². The molecule has 14 heavy (non-hydrogen) atoms. The zero-order valence-electron chi connectivity index (χ0n) is 10.0. The van der Waals surface area contributed by atoms with Crippen LogP contribution in [0.4, 0.5) is 13.2 Å². The zero-order valence-corrected chi connectivity index (χ0v) is 8.59. The molecule has 1 aromatic rings. The number of hydrogen-bond acceptors (Lipinski definition) is 0. The lowest BCUT2D eigenvalue weighted by atomic mass is 10.1. The number of halogens is 4. The standard InChI is InChI=1S/C10H8BrF3/c11-9-4-3-7(6-1-2-6)5-8(9)10(12,13)14/h3-6H,1-2H2/i3D,4D,5D. The van der Waals surface area contributed by atoms with E-state index in [9.17, 15) is 13.2 Å². The van der Waals surface area contributed by atoms with Crippen LogP contribution in [0, 0.1) is 0 Å². The second-order valence-corrected chi connectivity index (χ2v) is 4.04. The predicted molar refractivity (Wildman–Crippen MR) is 51.1 cm³/mol. The van der Waals surface area contributed by atoms with Crippen molar-refractivity contribution in [1.82, 2.24) is 0 Å². The number of hydrogen-bond donors (Lipinski definition) is 0. The monoisotopic (exact) mass is 267 g/mol. The minimum atomic E-state index is -4.68. The third-order valence-corrected chi connectivity index (χ3v) is 2.65. The summed E-state index contributed by atoms with van der Waals surface area (Å²) >= 11 is 2.67. The Bertz CT molecular complexity index is 481. The molecule has 0 amide bonds. The Morgan fingerprint density at radius 1 is 1.36 bits per heavy atom. The van der Waals surface area contributed by atoms with Crippen molar-refractivity contribution in [2.45, 2.75) is 24.9 Å². The van der Waals surface area contributed by atoms with E-state index in [1.165, 1.54) is 0 Å². The van der Waals surface area contributed by atoms with Gasteiger partial charge in [0.1, 0.15) is 0 Å². The first kappa shape index (κ1) is 6.88. The summed E-state index contributed by atoms with van der Waals surface area (Å²) in [4.78, 5) is 0. The van der Waals surface area contributed by atoms with Crippen molar-refractivity contribution in [2.75, 3.05) is 0 Å². The highest BCUT2D eigenvalue weighted by Gasteiger charge is 2.34. The van der Waals surface area contributed by atoms with Crippen LogP contribution in [0.15, 0.2) is 22.6 Å². The Morgan fingerprint density at radius 2 is 2.00 bits per heavy atom. The van der Waals surface area contributed by atoms with Crippen molar-refractivity contribution in [3.63, 3.8) is 0 Å². The van der Waals surface area contributed by atoms with Crippen molar-refractivity contribution >= 4 is 15.9 Å². The fourth-order valence-electron chi connectivity index (χ4n) is 1.18. The second kappa shape index (κ2) is 3.26. The molecule has 0 radical (unpaired) electrons. The van der Waals surface area contributed by atoms with Crippen LogP contribution >= 0.6 is 15.9 Å². The van der Waals surface area contributed by atoms with Crippen LogP contribution in [0.5, 0.6) is 0 Å². The highest BCUT2D eigenvalue weighted by Crippen LogP contribution is 2.43. The fraction of sp³-hybridized carbons (Fsp3) is 0.400. The quantitative estimate of drug-likeness (QED) is 0.710. The van der Waals surface area contributed by atoms with E-state index in [1.807, 2.05) is 0 Å².